The average molecular weight is 312 g/mol. The smallest absolute Gasteiger partial charge is 0.245 e. The minimum atomic E-state index is -3.53. The van der Waals surface area contributed by atoms with Gasteiger partial charge in [0.05, 0.1) is 12.3 Å². The fraction of sp³-hybridized carbons (Fsp3) is 0.600. The first-order valence-corrected chi connectivity index (χ1v) is 8.66. The fourth-order valence-electron chi connectivity index (χ4n) is 2.79. The van der Waals surface area contributed by atoms with Crippen LogP contribution < -0.4 is 5.73 Å². The van der Waals surface area contributed by atoms with Crippen molar-refractivity contribution >= 4 is 15.7 Å². The van der Waals surface area contributed by atoms with E-state index in [9.17, 15) is 8.42 Å². The fourth-order valence-corrected chi connectivity index (χ4v) is 4.53. The molecule has 1 fully saturated rings. The lowest BCUT2D eigenvalue weighted by Gasteiger charge is -2.32. The molecule has 1 aliphatic rings. The lowest BCUT2D eigenvalue weighted by Crippen LogP contribution is -2.41. The van der Waals surface area contributed by atoms with Crippen LogP contribution >= 0.6 is 0 Å². The Bertz CT molecular complexity index is 612. The van der Waals surface area contributed by atoms with Crippen molar-refractivity contribution in [1.82, 2.24) is 4.31 Å². The molecule has 21 heavy (non-hydrogen) atoms. The Morgan fingerprint density at radius 2 is 2.00 bits per heavy atom. The Hall–Kier alpha value is -1.11. The summed E-state index contributed by atoms with van der Waals surface area (Å²) in [6.45, 7) is 5.47. The highest BCUT2D eigenvalue weighted by molar-refractivity contribution is 7.89. The Morgan fingerprint density at radius 3 is 2.67 bits per heavy atom. The topological polar surface area (TPSA) is 72.6 Å². The highest BCUT2D eigenvalue weighted by Gasteiger charge is 2.31. The number of rotatable bonds is 4. The van der Waals surface area contributed by atoms with Crippen molar-refractivity contribution in [2.45, 2.75) is 31.6 Å². The molecule has 0 bridgehead atoms. The Kier molecular flexibility index (Phi) is 4.91. The first-order chi connectivity index (χ1) is 9.86. The van der Waals surface area contributed by atoms with Gasteiger partial charge in [-0.15, -0.1) is 0 Å². The molecule has 1 saturated heterocycles. The summed E-state index contributed by atoms with van der Waals surface area (Å²) in [4.78, 5) is 0.226. The molecule has 6 heteroatoms. The summed E-state index contributed by atoms with van der Waals surface area (Å²) in [6, 6.07) is 3.42. The molecule has 2 N–H and O–H groups in total. The third-order valence-electron chi connectivity index (χ3n) is 4.13. The number of hydrogen-bond donors (Lipinski definition) is 1. The van der Waals surface area contributed by atoms with E-state index in [4.69, 9.17) is 10.5 Å². The van der Waals surface area contributed by atoms with Gasteiger partial charge in [0.1, 0.15) is 4.90 Å². The van der Waals surface area contributed by atoms with Gasteiger partial charge in [-0.2, -0.15) is 4.31 Å². The zero-order valence-electron chi connectivity index (χ0n) is 12.9. The molecule has 0 aliphatic carbocycles. The second-order valence-corrected chi connectivity index (χ2v) is 7.71. The van der Waals surface area contributed by atoms with Gasteiger partial charge in [-0.3, -0.25) is 0 Å². The highest BCUT2D eigenvalue weighted by Crippen LogP contribution is 2.29. The van der Waals surface area contributed by atoms with E-state index in [0.717, 1.165) is 24.0 Å². The van der Waals surface area contributed by atoms with Crippen LogP contribution in [-0.2, 0) is 14.8 Å². The maximum absolute atomic E-state index is 12.8. The number of hydrogen-bond acceptors (Lipinski definition) is 4. The standard InChI is InChI=1S/C15H24N2O3S/c1-11-7-14(16)15(8-12(11)2)21(18,19)17-6-4-5-13(9-17)10-20-3/h7-8,13H,4-6,9-10,16H2,1-3H3. The van der Waals surface area contributed by atoms with E-state index < -0.39 is 10.0 Å². The largest absolute Gasteiger partial charge is 0.398 e. The van der Waals surface area contributed by atoms with E-state index in [1.165, 1.54) is 0 Å². The van der Waals surface area contributed by atoms with Crippen molar-refractivity contribution < 1.29 is 13.2 Å². The van der Waals surface area contributed by atoms with Crippen LogP contribution in [0.25, 0.3) is 0 Å². The van der Waals surface area contributed by atoms with E-state index in [1.54, 1.807) is 23.5 Å². The molecule has 1 aromatic rings. The van der Waals surface area contributed by atoms with Gasteiger partial charge in [-0.05, 0) is 55.9 Å². The summed E-state index contributed by atoms with van der Waals surface area (Å²) in [5.74, 6) is 0.256. The van der Waals surface area contributed by atoms with Crippen LogP contribution in [0.5, 0.6) is 0 Å². The first-order valence-electron chi connectivity index (χ1n) is 7.22. The van der Waals surface area contributed by atoms with Gasteiger partial charge in [-0.1, -0.05) is 0 Å². The molecule has 1 aliphatic heterocycles. The molecule has 0 spiro atoms. The molecule has 5 nitrogen and oxygen atoms in total. The summed E-state index contributed by atoms with van der Waals surface area (Å²) >= 11 is 0. The summed E-state index contributed by atoms with van der Waals surface area (Å²) < 4.78 is 32.4. The van der Waals surface area contributed by atoms with Crippen molar-refractivity contribution in [2.24, 2.45) is 5.92 Å². The summed E-state index contributed by atoms with van der Waals surface area (Å²) in [6.07, 6.45) is 1.86. The number of nitrogens with two attached hydrogens (primary N) is 1. The molecule has 0 aromatic heterocycles. The Balaban J connectivity index is 2.31. The third-order valence-corrected chi connectivity index (χ3v) is 6.05. The molecule has 2 rings (SSSR count). The molecule has 1 unspecified atom stereocenters. The number of nitrogens with zero attached hydrogens (tertiary/aromatic N) is 1. The molecule has 1 atom stereocenters. The van der Waals surface area contributed by atoms with Gasteiger partial charge < -0.3 is 10.5 Å². The summed E-state index contributed by atoms with van der Waals surface area (Å²) in [5.41, 5.74) is 8.21. The minimum absolute atomic E-state index is 0.226. The van der Waals surface area contributed by atoms with Gasteiger partial charge in [0.2, 0.25) is 10.0 Å². The van der Waals surface area contributed by atoms with E-state index in [-0.39, 0.29) is 10.8 Å². The van der Waals surface area contributed by atoms with Crippen LogP contribution in [0, 0.1) is 19.8 Å². The molecule has 1 aromatic carbocycles. The van der Waals surface area contributed by atoms with Crippen LogP contribution in [0.2, 0.25) is 0 Å². The number of methoxy groups -OCH3 is 1. The van der Waals surface area contributed by atoms with Gasteiger partial charge >= 0.3 is 0 Å². The van der Waals surface area contributed by atoms with Crippen molar-refractivity contribution in [3.05, 3.63) is 23.3 Å². The number of anilines is 1. The molecule has 0 saturated carbocycles. The normalized spacial score (nSPS) is 20.6. The zero-order valence-corrected chi connectivity index (χ0v) is 13.7. The van der Waals surface area contributed by atoms with Crippen molar-refractivity contribution in [3.8, 4) is 0 Å². The van der Waals surface area contributed by atoms with Gasteiger partial charge in [0.25, 0.3) is 0 Å². The zero-order chi connectivity index (χ0) is 15.6. The van der Waals surface area contributed by atoms with Crippen LogP contribution in [0.3, 0.4) is 0 Å². The minimum Gasteiger partial charge on any atom is -0.398 e. The van der Waals surface area contributed by atoms with Crippen LogP contribution in [0.1, 0.15) is 24.0 Å². The number of piperidine rings is 1. The molecular formula is C15H24N2O3S. The van der Waals surface area contributed by atoms with E-state index in [1.807, 2.05) is 13.8 Å². The maximum Gasteiger partial charge on any atom is 0.245 e. The maximum atomic E-state index is 12.8. The number of sulfonamides is 1. The average Bonchev–Trinajstić information content (AvgIpc) is 2.43. The molecule has 0 amide bonds. The number of aryl methyl sites for hydroxylation is 2. The third kappa shape index (κ3) is 3.39. The van der Waals surface area contributed by atoms with Crippen LogP contribution in [0.4, 0.5) is 5.69 Å². The van der Waals surface area contributed by atoms with Crippen LogP contribution in [-0.4, -0.2) is 39.5 Å². The van der Waals surface area contributed by atoms with Gasteiger partial charge in [0, 0.05) is 20.2 Å². The second kappa shape index (κ2) is 6.34. The van der Waals surface area contributed by atoms with E-state index >= 15 is 0 Å². The Labute approximate surface area is 127 Å². The number of ether oxygens (including phenoxy) is 1. The summed E-state index contributed by atoms with van der Waals surface area (Å²) in [7, 11) is -1.88. The molecule has 118 valence electrons. The highest BCUT2D eigenvalue weighted by atomic mass is 32.2. The number of nitrogen functional groups attached to an aromatic ring is 1. The van der Waals surface area contributed by atoms with Crippen molar-refractivity contribution in [1.29, 1.82) is 0 Å². The van der Waals surface area contributed by atoms with Crippen molar-refractivity contribution in [2.75, 3.05) is 32.5 Å². The molecular weight excluding hydrogens is 288 g/mol. The molecule has 0 radical (unpaired) electrons. The lowest BCUT2D eigenvalue weighted by molar-refractivity contribution is 0.118. The van der Waals surface area contributed by atoms with Crippen LogP contribution in [0.15, 0.2) is 17.0 Å². The van der Waals surface area contributed by atoms with Crippen molar-refractivity contribution in [3.63, 3.8) is 0 Å². The lowest BCUT2D eigenvalue weighted by atomic mass is 10.0. The summed E-state index contributed by atoms with van der Waals surface area (Å²) in [5, 5.41) is 0. The second-order valence-electron chi connectivity index (χ2n) is 5.80. The quantitative estimate of drug-likeness (QED) is 0.862. The predicted octanol–water partition coefficient (Wildman–Crippen LogP) is 1.93. The van der Waals surface area contributed by atoms with E-state index in [0.29, 0.717) is 25.4 Å². The molecule has 1 heterocycles. The number of benzene rings is 1. The monoisotopic (exact) mass is 312 g/mol. The predicted molar refractivity (Wildman–Crippen MR) is 83.7 cm³/mol. The first kappa shape index (κ1) is 16.3. The van der Waals surface area contributed by atoms with E-state index in [2.05, 4.69) is 0 Å². The van der Waals surface area contributed by atoms with Gasteiger partial charge in [-0.25, -0.2) is 8.42 Å². The SMILES string of the molecule is COCC1CCCN(S(=O)(=O)c2cc(C)c(C)cc2N)C1. The van der Waals surface area contributed by atoms with Gasteiger partial charge in [0.15, 0.2) is 0 Å². The Morgan fingerprint density at radius 1 is 1.33 bits per heavy atom.